The van der Waals surface area contributed by atoms with Gasteiger partial charge in [-0.25, -0.2) is 0 Å². The summed E-state index contributed by atoms with van der Waals surface area (Å²) in [6, 6.07) is 32.9. The van der Waals surface area contributed by atoms with Crippen LogP contribution in [0.3, 0.4) is 0 Å². The topological polar surface area (TPSA) is 0 Å². The predicted molar refractivity (Wildman–Crippen MR) is 127 cm³/mol. The summed E-state index contributed by atoms with van der Waals surface area (Å²) in [6.07, 6.45) is 7.05. The fourth-order valence-electron chi connectivity index (χ4n) is 4.18. The summed E-state index contributed by atoms with van der Waals surface area (Å²) in [5.74, 6) is 0.472. The molecule has 3 aromatic carbocycles. The summed E-state index contributed by atoms with van der Waals surface area (Å²) < 4.78 is 0.975. The SMILES string of the molecule is C[N+](C)(Cc1ccccc1)CC1C=CC=C1P(c1ccccc1)c1ccccc1. The molecule has 1 aliphatic carbocycles. The number of rotatable bonds is 7. The quantitative estimate of drug-likeness (QED) is 0.366. The molecule has 1 atom stereocenters. The number of allylic oxidation sites excluding steroid dienone is 2. The summed E-state index contributed by atoms with van der Waals surface area (Å²) in [5, 5.41) is 4.43. The Kier molecular flexibility index (Phi) is 6.09. The van der Waals surface area contributed by atoms with Gasteiger partial charge in [0.1, 0.15) is 6.54 Å². The van der Waals surface area contributed by atoms with Gasteiger partial charge in [-0.15, -0.1) is 0 Å². The monoisotopic (exact) mass is 398 g/mol. The normalized spacial score (nSPS) is 16.2. The van der Waals surface area contributed by atoms with Gasteiger partial charge in [0.2, 0.25) is 0 Å². The van der Waals surface area contributed by atoms with Gasteiger partial charge in [-0.3, -0.25) is 0 Å². The van der Waals surface area contributed by atoms with E-state index in [1.807, 2.05) is 0 Å². The first kappa shape index (κ1) is 19.8. The molecule has 0 radical (unpaired) electrons. The van der Waals surface area contributed by atoms with Crippen LogP contribution in [0.1, 0.15) is 5.56 Å². The Morgan fingerprint density at radius 3 is 1.79 bits per heavy atom. The van der Waals surface area contributed by atoms with Gasteiger partial charge in [-0.2, -0.15) is 0 Å². The van der Waals surface area contributed by atoms with E-state index in [1.54, 1.807) is 5.31 Å². The van der Waals surface area contributed by atoms with Crippen molar-refractivity contribution in [2.24, 2.45) is 5.92 Å². The zero-order chi connectivity index (χ0) is 20.1. The minimum Gasteiger partial charge on any atom is -0.324 e. The van der Waals surface area contributed by atoms with E-state index < -0.39 is 7.92 Å². The van der Waals surface area contributed by atoms with Crippen molar-refractivity contribution in [2.45, 2.75) is 6.54 Å². The average Bonchev–Trinajstić information content (AvgIpc) is 3.17. The van der Waals surface area contributed by atoms with Gasteiger partial charge in [0, 0.05) is 5.56 Å². The first-order chi connectivity index (χ1) is 14.1. The van der Waals surface area contributed by atoms with Crippen LogP contribution in [0.5, 0.6) is 0 Å². The Balaban J connectivity index is 1.60. The van der Waals surface area contributed by atoms with Crippen molar-refractivity contribution in [3.05, 3.63) is 120 Å². The lowest BCUT2D eigenvalue weighted by Crippen LogP contribution is -2.42. The Hall–Kier alpha value is -2.47. The van der Waals surface area contributed by atoms with Crippen molar-refractivity contribution in [1.29, 1.82) is 0 Å². The van der Waals surface area contributed by atoms with Crippen LogP contribution in [0.4, 0.5) is 0 Å². The standard InChI is InChI=1S/C27H29NP/c1-28(2,21-23-13-6-3-7-14-23)22-24-15-12-20-27(24)29(25-16-8-4-9-17-25)26-18-10-5-11-19-26/h3-20,24H,21-22H2,1-2H3/q+1. The molecule has 0 bridgehead atoms. The molecule has 146 valence electrons. The van der Waals surface area contributed by atoms with Crippen molar-refractivity contribution in [2.75, 3.05) is 20.6 Å². The van der Waals surface area contributed by atoms with Crippen LogP contribution >= 0.6 is 7.92 Å². The molecule has 0 aromatic heterocycles. The Labute approximate surface area is 176 Å². The molecule has 1 unspecified atom stereocenters. The second kappa shape index (κ2) is 8.91. The molecule has 0 N–H and O–H groups in total. The van der Waals surface area contributed by atoms with Crippen LogP contribution in [-0.2, 0) is 6.54 Å². The molecular weight excluding hydrogens is 369 g/mol. The van der Waals surface area contributed by atoms with E-state index in [0.29, 0.717) is 5.92 Å². The lowest BCUT2D eigenvalue weighted by molar-refractivity contribution is -0.905. The first-order valence-corrected chi connectivity index (χ1v) is 11.6. The molecule has 29 heavy (non-hydrogen) atoms. The summed E-state index contributed by atoms with van der Waals surface area (Å²) >= 11 is 0. The van der Waals surface area contributed by atoms with Gasteiger partial charge >= 0.3 is 0 Å². The maximum Gasteiger partial charge on any atom is 0.104 e. The number of hydrogen-bond acceptors (Lipinski definition) is 0. The van der Waals surface area contributed by atoms with Gasteiger partial charge < -0.3 is 4.48 Å². The average molecular weight is 399 g/mol. The van der Waals surface area contributed by atoms with Crippen molar-refractivity contribution >= 4 is 18.5 Å². The number of nitrogens with zero attached hydrogens (tertiary/aromatic N) is 1. The van der Waals surface area contributed by atoms with Crippen LogP contribution in [0.15, 0.2) is 115 Å². The van der Waals surface area contributed by atoms with Crippen molar-refractivity contribution in [3.8, 4) is 0 Å². The molecule has 4 rings (SSSR count). The highest BCUT2D eigenvalue weighted by molar-refractivity contribution is 7.76. The van der Waals surface area contributed by atoms with Crippen LogP contribution in [0, 0.1) is 5.92 Å². The van der Waals surface area contributed by atoms with Gasteiger partial charge in [0.25, 0.3) is 0 Å². The maximum atomic E-state index is 2.40. The van der Waals surface area contributed by atoms with E-state index >= 15 is 0 Å². The molecule has 0 saturated heterocycles. The van der Waals surface area contributed by atoms with E-state index in [9.17, 15) is 0 Å². The van der Waals surface area contributed by atoms with E-state index in [4.69, 9.17) is 0 Å². The number of hydrogen-bond donors (Lipinski definition) is 0. The molecule has 0 aliphatic heterocycles. The molecular formula is C27H29NP+. The molecule has 3 aromatic rings. The molecule has 0 spiro atoms. The minimum atomic E-state index is -0.515. The third-order valence-corrected chi connectivity index (χ3v) is 8.05. The smallest absolute Gasteiger partial charge is 0.104 e. The second-order valence-corrected chi connectivity index (χ2v) is 10.6. The molecule has 2 heteroatoms. The van der Waals surface area contributed by atoms with Crippen LogP contribution < -0.4 is 10.6 Å². The van der Waals surface area contributed by atoms with Crippen LogP contribution in [0.25, 0.3) is 0 Å². The maximum absolute atomic E-state index is 2.40. The Bertz CT molecular complexity index is 935. The van der Waals surface area contributed by atoms with Gasteiger partial charge in [0.05, 0.1) is 26.6 Å². The fourth-order valence-corrected chi connectivity index (χ4v) is 6.75. The van der Waals surface area contributed by atoms with Crippen molar-refractivity contribution < 1.29 is 4.48 Å². The number of quaternary nitrogens is 1. The first-order valence-electron chi connectivity index (χ1n) is 10.3. The summed E-state index contributed by atoms with van der Waals surface area (Å²) in [6.45, 7) is 2.16. The molecule has 0 heterocycles. The van der Waals surface area contributed by atoms with Crippen molar-refractivity contribution in [3.63, 3.8) is 0 Å². The van der Waals surface area contributed by atoms with Crippen LogP contribution in [0.2, 0.25) is 0 Å². The van der Waals surface area contributed by atoms with Gasteiger partial charge in [-0.05, 0) is 23.8 Å². The molecule has 1 nitrogen and oxygen atoms in total. The lowest BCUT2D eigenvalue weighted by Gasteiger charge is -2.34. The predicted octanol–water partition coefficient (Wildman–Crippen LogP) is 5.47. The van der Waals surface area contributed by atoms with Gasteiger partial charge in [-0.1, -0.05) is 109 Å². The van der Waals surface area contributed by atoms with E-state index in [0.717, 1.165) is 17.6 Å². The fraction of sp³-hybridized carbons (Fsp3) is 0.185. The van der Waals surface area contributed by atoms with Crippen molar-refractivity contribution in [1.82, 2.24) is 0 Å². The molecule has 1 aliphatic rings. The third kappa shape index (κ3) is 4.93. The summed E-state index contributed by atoms with van der Waals surface area (Å²) in [4.78, 5) is 0. The van der Waals surface area contributed by atoms with Gasteiger partial charge in [0.15, 0.2) is 0 Å². The van der Waals surface area contributed by atoms with E-state index in [2.05, 4.69) is 123 Å². The molecule has 0 fully saturated rings. The second-order valence-electron chi connectivity index (χ2n) is 8.35. The lowest BCUT2D eigenvalue weighted by atomic mass is 10.1. The zero-order valence-electron chi connectivity index (χ0n) is 17.3. The highest BCUT2D eigenvalue weighted by Crippen LogP contribution is 2.49. The highest BCUT2D eigenvalue weighted by Gasteiger charge is 2.31. The largest absolute Gasteiger partial charge is 0.324 e. The summed E-state index contributed by atoms with van der Waals surface area (Å²) in [7, 11) is 4.19. The molecule has 0 saturated carbocycles. The molecule has 0 amide bonds. The number of benzene rings is 3. The van der Waals surface area contributed by atoms with E-state index in [1.165, 1.54) is 16.2 Å². The summed E-state index contributed by atoms with van der Waals surface area (Å²) in [5.41, 5.74) is 1.40. The third-order valence-electron chi connectivity index (χ3n) is 5.42. The zero-order valence-corrected chi connectivity index (χ0v) is 18.2. The Morgan fingerprint density at radius 1 is 0.724 bits per heavy atom. The van der Waals surface area contributed by atoms with Crippen LogP contribution in [-0.4, -0.2) is 25.1 Å². The van der Waals surface area contributed by atoms with E-state index in [-0.39, 0.29) is 0 Å². The minimum absolute atomic E-state index is 0.472. The highest BCUT2D eigenvalue weighted by atomic mass is 31.1. The Morgan fingerprint density at radius 2 is 1.24 bits per heavy atom.